The minimum absolute atomic E-state index is 0.133. The lowest BCUT2D eigenvalue weighted by Gasteiger charge is -2.42. The molecule has 0 amide bonds. The van der Waals surface area contributed by atoms with Crippen molar-refractivity contribution < 1.29 is 18.3 Å². The van der Waals surface area contributed by atoms with E-state index in [-0.39, 0.29) is 30.3 Å². The Morgan fingerprint density at radius 3 is 2.38 bits per heavy atom. The number of ether oxygens (including phenoxy) is 1. The van der Waals surface area contributed by atoms with E-state index in [0.29, 0.717) is 26.2 Å². The number of carbonyl (C=O) groups excluding carboxylic acids is 1. The lowest BCUT2D eigenvalue weighted by molar-refractivity contribution is -0.141. The zero-order valence-corrected chi connectivity index (χ0v) is 21.0. The highest BCUT2D eigenvalue weighted by molar-refractivity contribution is 5.70. The van der Waals surface area contributed by atoms with Gasteiger partial charge in [0.2, 0.25) is 0 Å². The second-order valence-electron chi connectivity index (χ2n) is 11.1. The molecule has 4 rings (SSSR count). The first kappa shape index (κ1) is 24.8. The van der Waals surface area contributed by atoms with Crippen LogP contribution in [0.4, 0.5) is 8.78 Å². The molecule has 2 fully saturated rings. The average molecular weight is 475 g/mol. The fourth-order valence-corrected chi connectivity index (χ4v) is 5.17. The largest absolute Gasteiger partial charge is 0.469 e. The van der Waals surface area contributed by atoms with Crippen molar-refractivity contribution in [3.8, 4) is 5.69 Å². The highest BCUT2D eigenvalue weighted by Crippen LogP contribution is 2.47. The number of nitrogens with zero attached hydrogens (tertiary/aromatic N) is 3. The van der Waals surface area contributed by atoms with E-state index in [1.807, 2.05) is 35.6 Å². The van der Waals surface area contributed by atoms with Crippen LogP contribution >= 0.6 is 0 Å². The van der Waals surface area contributed by atoms with Crippen molar-refractivity contribution >= 4 is 5.97 Å². The van der Waals surface area contributed by atoms with E-state index < -0.39 is 11.3 Å². The van der Waals surface area contributed by atoms with Crippen molar-refractivity contribution in [3.63, 3.8) is 0 Å². The number of hydrogen-bond acceptors (Lipinski definition) is 5. The van der Waals surface area contributed by atoms with Gasteiger partial charge in [0.25, 0.3) is 5.92 Å². The number of rotatable bonds is 6. The highest BCUT2D eigenvalue weighted by atomic mass is 19.3. The van der Waals surface area contributed by atoms with Crippen LogP contribution < -0.4 is 5.32 Å². The summed E-state index contributed by atoms with van der Waals surface area (Å²) in [7, 11) is 1.37. The Bertz CT molecular complexity index is 1070. The summed E-state index contributed by atoms with van der Waals surface area (Å²) in [6.45, 7) is 11.5. The average Bonchev–Trinajstić information content (AvgIpc) is 3.20. The molecule has 1 spiro atoms. The SMILES string of the molecule is COC(=O)C[C@H](CN1CC(F)(F)C2(CNC2)C1)c1cc(-n2nc(C)cc2C)cc(C(C)(C)C)c1. The summed E-state index contributed by atoms with van der Waals surface area (Å²) in [5.74, 6) is -3.36. The number of likely N-dealkylation sites (tertiary alicyclic amines) is 1. The molecule has 6 nitrogen and oxygen atoms in total. The molecule has 0 bridgehead atoms. The molecule has 0 unspecified atom stereocenters. The lowest BCUT2D eigenvalue weighted by atomic mass is 9.78. The van der Waals surface area contributed by atoms with Gasteiger partial charge in [-0.1, -0.05) is 26.8 Å². The van der Waals surface area contributed by atoms with Crippen LogP contribution in [0.5, 0.6) is 0 Å². The van der Waals surface area contributed by atoms with Crippen molar-refractivity contribution in [3.05, 3.63) is 46.8 Å². The van der Waals surface area contributed by atoms with Crippen LogP contribution in [-0.2, 0) is 14.9 Å². The van der Waals surface area contributed by atoms with Gasteiger partial charge in [0.05, 0.1) is 36.9 Å². The number of aromatic nitrogens is 2. The van der Waals surface area contributed by atoms with Crippen molar-refractivity contribution in [1.82, 2.24) is 20.0 Å². The molecular formula is C26H36F2N4O2. The number of methoxy groups -OCH3 is 1. The molecule has 0 saturated carbocycles. The maximum Gasteiger partial charge on any atom is 0.306 e. The summed E-state index contributed by atoms with van der Waals surface area (Å²) >= 11 is 0. The molecule has 2 aliphatic heterocycles. The summed E-state index contributed by atoms with van der Waals surface area (Å²) in [5.41, 5.74) is 3.76. The van der Waals surface area contributed by atoms with Gasteiger partial charge in [0, 0.05) is 37.8 Å². The predicted octanol–water partition coefficient (Wildman–Crippen LogP) is 3.97. The molecule has 186 valence electrons. The molecule has 0 aliphatic carbocycles. The first-order valence-electron chi connectivity index (χ1n) is 11.9. The van der Waals surface area contributed by atoms with Gasteiger partial charge in [0.1, 0.15) is 0 Å². The van der Waals surface area contributed by atoms with Crippen molar-refractivity contribution in [2.75, 3.05) is 39.8 Å². The topological polar surface area (TPSA) is 59.4 Å². The fraction of sp³-hybridized carbons (Fsp3) is 0.615. The third kappa shape index (κ3) is 4.62. The van der Waals surface area contributed by atoms with E-state index in [0.717, 1.165) is 28.2 Å². The predicted molar refractivity (Wildman–Crippen MR) is 128 cm³/mol. The van der Waals surface area contributed by atoms with Gasteiger partial charge < -0.3 is 10.1 Å². The molecule has 1 aromatic carbocycles. The molecule has 2 saturated heterocycles. The molecular weight excluding hydrogens is 438 g/mol. The molecule has 34 heavy (non-hydrogen) atoms. The van der Waals surface area contributed by atoms with Crippen molar-refractivity contribution in [2.24, 2.45) is 5.41 Å². The number of aryl methyl sites for hydroxylation is 2. The van der Waals surface area contributed by atoms with E-state index in [9.17, 15) is 13.6 Å². The Labute approximate surface area is 200 Å². The Morgan fingerprint density at radius 2 is 1.88 bits per heavy atom. The minimum atomic E-state index is -2.74. The zero-order valence-electron chi connectivity index (χ0n) is 21.0. The number of alkyl halides is 2. The highest BCUT2D eigenvalue weighted by Gasteiger charge is 2.63. The van der Waals surface area contributed by atoms with E-state index in [1.165, 1.54) is 7.11 Å². The van der Waals surface area contributed by atoms with Gasteiger partial charge in [-0.05, 0) is 48.6 Å². The van der Waals surface area contributed by atoms with Crippen molar-refractivity contribution in [1.29, 1.82) is 0 Å². The summed E-state index contributed by atoms with van der Waals surface area (Å²) < 4.78 is 36.6. The number of nitrogens with one attached hydrogen (secondary N) is 1. The maximum atomic E-state index is 14.8. The molecule has 1 atom stereocenters. The van der Waals surface area contributed by atoms with Crippen LogP contribution in [0.3, 0.4) is 0 Å². The Balaban J connectivity index is 1.72. The Hall–Kier alpha value is -2.32. The zero-order chi connectivity index (χ0) is 24.9. The van der Waals surface area contributed by atoms with E-state index in [4.69, 9.17) is 4.74 Å². The number of esters is 1. The van der Waals surface area contributed by atoms with Gasteiger partial charge in [0.15, 0.2) is 0 Å². The smallest absolute Gasteiger partial charge is 0.306 e. The van der Waals surface area contributed by atoms with Crippen LogP contribution in [-0.4, -0.2) is 66.4 Å². The van der Waals surface area contributed by atoms with Gasteiger partial charge in [-0.3, -0.25) is 9.69 Å². The lowest BCUT2D eigenvalue weighted by Crippen LogP contribution is -2.62. The van der Waals surface area contributed by atoms with Crippen LogP contribution in [0.25, 0.3) is 5.69 Å². The molecule has 1 N–H and O–H groups in total. The van der Waals surface area contributed by atoms with Crippen LogP contribution in [0.15, 0.2) is 24.3 Å². The molecule has 2 aromatic rings. The van der Waals surface area contributed by atoms with Crippen LogP contribution in [0, 0.1) is 19.3 Å². The molecule has 2 aliphatic rings. The fourth-order valence-electron chi connectivity index (χ4n) is 5.17. The maximum absolute atomic E-state index is 14.8. The van der Waals surface area contributed by atoms with E-state index in [2.05, 4.69) is 43.3 Å². The van der Waals surface area contributed by atoms with Gasteiger partial charge >= 0.3 is 5.97 Å². The molecule has 0 radical (unpaired) electrons. The summed E-state index contributed by atoms with van der Waals surface area (Å²) in [6, 6.07) is 8.29. The monoisotopic (exact) mass is 474 g/mol. The summed E-state index contributed by atoms with van der Waals surface area (Å²) in [4.78, 5) is 14.2. The number of carbonyl (C=O) groups is 1. The normalized spacial score (nSPS) is 20.4. The second-order valence-corrected chi connectivity index (χ2v) is 11.1. The Morgan fingerprint density at radius 1 is 1.18 bits per heavy atom. The third-order valence-electron chi connectivity index (χ3n) is 7.30. The van der Waals surface area contributed by atoms with Crippen molar-refractivity contribution in [2.45, 2.75) is 58.3 Å². The van der Waals surface area contributed by atoms with E-state index >= 15 is 0 Å². The summed E-state index contributed by atoms with van der Waals surface area (Å²) in [6.07, 6.45) is 0.133. The van der Waals surface area contributed by atoms with E-state index in [1.54, 1.807) is 0 Å². The van der Waals surface area contributed by atoms with Gasteiger partial charge in [-0.2, -0.15) is 5.10 Å². The van der Waals surface area contributed by atoms with Crippen LogP contribution in [0.2, 0.25) is 0 Å². The van der Waals surface area contributed by atoms with Crippen LogP contribution in [0.1, 0.15) is 55.6 Å². The number of benzene rings is 1. The minimum Gasteiger partial charge on any atom is -0.469 e. The van der Waals surface area contributed by atoms with Gasteiger partial charge in [-0.15, -0.1) is 0 Å². The quantitative estimate of drug-likeness (QED) is 0.642. The number of hydrogen-bond donors (Lipinski definition) is 1. The summed E-state index contributed by atoms with van der Waals surface area (Å²) in [5, 5.41) is 7.66. The molecule has 1 aromatic heterocycles. The molecule has 3 heterocycles. The molecule has 8 heteroatoms. The number of halogens is 2. The first-order chi connectivity index (χ1) is 15.8. The standard InChI is InChI=1S/C26H36F2N4O2/c1-17-7-18(2)32(30-17)22-9-19(8-21(11-22)24(3,4)5)20(10-23(33)34-6)12-31-15-25(13-29-14-25)26(27,28)16-31/h7-9,11,20,29H,10,12-16H2,1-6H3/t20-/m1/s1. The third-order valence-corrected chi connectivity index (χ3v) is 7.30. The van der Waals surface area contributed by atoms with Gasteiger partial charge in [-0.25, -0.2) is 13.5 Å². The second kappa shape index (κ2) is 8.72. The first-order valence-corrected chi connectivity index (χ1v) is 11.9. The Kier molecular flexibility index (Phi) is 6.36.